The molecular formula is C14H20O8. The topological polar surface area (TPSA) is 123 Å². The molecule has 2 rings (SSSR count). The lowest BCUT2D eigenvalue weighted by atomic mass is 10.1. The Morgan fingerprint density at radius 3 is 2.77 bits per heavy atom. The molecule has 0 unspecified atom stereocenters. The van der Waals surface area contributed by atoms with E-state index in [1.54, 1.807) is 0 Å². The number of hydrogen-bond donors (Lipinski definition) is 3. The highest BCUT2D eigenvalue weighted by Crippen LogP contribution is 2.35. The Morgan fingerprint density at radius 1 is 1.41 bits per heavy atom. The number of allylic oxidation sites excluding steroid dienone is 1. The summed E-state index contributed by atoms with van der Waals surface area (Å²) in [5.41, 5.74) is -0.0372. The minimum absolute atomic E-state index is 0.0249. The van der Waals surface area contributed by atoms with Crippen molar-refractivity contribution in [2.45, 2.75) is 50.3 Å². The van der Waals surface area contributed by atoms with Crippen LogP contribution < -0.4 is 0 Å². The van der Waals surface area contributed by atoms with Crippen molar-refractivity contribution >= 4 is 11.9 Å². The molecule has 2 heterocycles. The van der Waals surface area contributed by atoms with Crippen molar-refractivity contribution in [3.8, 4) is 0 Å². The van der Waals surface area contributed by atoms with Gasteiger partial charge in [-0.25, -0.2) is 4.79 Å². The fourth-order valence-electron chi connectivity index (χ4n) is 2.50. The van der Waals surface area contributed by atoms with Crippen molar-refractivity contribution in [3.63, 3.8) is 0 Å². The second-order valence-corrected chi connectivity index (χ2v) is 5.42. The highest BCUT2D eigenvalue weighted by molar-refractivity contribution is 5.93. The van der Waals surface area contributed by atoms with Gasteiger partial charge in [-0.1, -0.05) is 19.4 Å². The molecular weight excluding hydrogens is 296 g/mol. The lowest BCUT2D eigenvalue weighted by Crippen LogP contribution is -2.47. The second-order valence-electron chi connectivity index (χ2n) is 5.42. The summed E-state index contributed by atoms with van der Waals surface area (Å²) in [6.45, 7) is 1.53. The van der Waals surface area contributed by atoms with Crippen LogP contribution in [-0.4, -0.2) is 64.6 Å². The number of ether oxygens (including phenoxy) is 3. The molecule has 0 radical (unpaired) electrons. The van der Waals surface area contributed by atoms with E-state index in [9.17, 15) is 19.8 Å². The summed E-state index contributed by atoms with van der Waals surface area (Å²) < 4.78 is 15.5. The Balaban J connectivity index is 2.07. The van der Waals surface area contributed by atoms with Crippen LogP contribution in [0.15, 0.2) is 11.6 Å². The number of aliphatic carboxylic acids is 1. The first-order valence-corrected chi connectivity index (χ1v) is 7.15. The van der Waals surface area contributed by atoms with Crippen molar-refractivity contribution < 1.29 is 39.1 Å². The van der Waals surface area contributed by atoms with Crippen LogP contribution in [0.3, 0.4) is 0 Å². The number of aliphatic hydroxyl groups excluding tert-OH is 1. The molecule has 0 spiro atoms. The van der Waals surface area contributed by atoms with Gasteiger partial charge in [0, 0.05) is 5.57 Å². The Bertz CT molecular complexity index is 473. The predicted octanol–water partition coefficient (Wildman–Crippen LogP) is -0.422. The van der Waals surface area contributed by atoms with E-state index < -0.39 is 42.5 Å². The molecule has 2 aliphatic rings. The molecule has 8 nitrogen and oxygen atoms in total. The number of hydrogen-bond acceptors (Lipinski definition) is 7. The maximum absolute atomic E-state index is 12.1. The third-order valence-electron chi connectivity index (χ3n) is 3.60. The van der Waals surface area contributed by atoms with Gasteiger partial charge < -0.3 is 29.5 Å². The van der Waals surface area contributed by atoms with Crippen molar-refractivity contribution in [2.24, 2.45) is 0 Å². The molecule has 2 fully saturated rings. The van der Waals surface area contributed by atoms with Gasteiger partial charge in [-0.2, -0.15) is 0 Å². The van der Waals surface area contributed by atoms with Gasteiger partial charge in [0.2, 0.25) is 0 Å². The number of fused-ring (bicyclic) bond motifs is 1. The van der Waals surface area contributed by atoms with Crippen LogP contribution in [-0.2, 0) is 23.8 Å². The van der Waals surface area contributed by atoms with Crippen molar-refractivity contribution in [1.29, 1.82) is 0 Å². The van der Waals surface area contributed by atoms with E-state index in [4.69, 9.17) is 19.3 Å². The molecule has 0 aliphatic carbocycles. The highest BCUT2D eigenvalue weighted by Gasteiger charge is 2.58. The number of aliphatic hydroxyl groups is 2. The smallest absolute Gasteiger partial charge is 0.336 e. The molecule has 4 atom stereocenters. The van der Waals surface area contributed by atoms with Crippen molar-refractivity contribution in [3.05, 3.63) is 11.6 Å². The molecule has 0 aromatic carbocycles. The molecule has 0 amide bonds. The number of carbonyl (C=O) groups is 2. The Labute approximate surface area is 127 Å². The average Bonchev–Trinajstić information content (AvgIpc) is 2.97. The Kier molecular flexibility index (Phi) is 5.17. The van der Waals surface area contributed by atoms with Crippen LogP contribution in [0.2, 0.25) is 0 Å². The first-order valence-electron chi connectivity index (χ1n) is 7.15. The molecule has 2 saturated heterocycles. The van der Waals surface area contributed by atoms with Crippen LogP contribution in [0.5, 0.6) is 0 Å². The molecule has 0 bridgehead atoms. The van der Waals surface area contributed by atoms with Crippen molar-refractivity contribution in [2.75, 3.05) is 13.2 Å². The number of carboxylic acid groups (broad SMARTS) is 1. The van der Waals surface area contributed by atoms with Crippen LogP contribution in [0.1, 0.15) is 26.2 Å². The molecule has 0 saturated carbocycles. The summed E-state index contributed by atoms with van der Waals surface area (Å²) in [6, 6.07) is 0. The van der Waals surface area contributed by atoms with E-state index in [0.29, 0.717) is 6.42 Å². The summed E-state index contributed by atoms with van der Waals surface area (Å²) in [7, 11) is 0. The van der Waals surface area contributed by atoms with E-state index >= 15 is 0 Å². The summed E-state index contributed by atoms with van der Waals surface area (Å²) in [4.78, 5) is 23.0. The number of carboxylic acids is 1. The van der Waals surface area contributed by atoms with Crippen LogP contribution in [0.25, 0.3) is 0 Å². The minimum atomic E-state index is -2.02. The van der Waals surface area contributed by atoms with Gasteiger partial charge in [0.15, 0.2) is 6.10 Å². The highest BCUT2D eigenvalue weighted by atomic mass is 16.7. The van der Waals surface area contributed by atoms with E-state index in [-0.39, 0.29) is 18.8 Å². The Morgan fingerprint density at radius 2 is 2.14 bits per heavy atom. The third-order valence-corrected chi connectivity index (χ3v) is 3.60. The van der Waals surface area contributed by atoms with Gasteiger partial charge in [0.05, 0.1) is 13.0 Å². The lowest BCUT2D eigenvalue weighted by Gasteiger charge is -2.26. The van der Waals surface area contributed by atoms with Crippen LogP contribution in [0, 0.1) is 0 Å². The molecule has 0 aromatic heterocycles. The lowest BCUT2D eigenvalue weighted by molar-refractivity contribution is -0.234. The second kappa shape index (κ2) is 6.74. The molecule has 22 heavy (non-hydrogen) atoms. The van der Waals surface area contributed by atoms with Gasteiger partial charge in [0.1, 0.15) is 18.8 Å². The zero-order chi connectivity index (χ0) is 16.3. The van der Waals surface area contributed by atoms with Crippen molar-refractivity contribution in [1.82, 2.24) is 0 Å². The summed E-state index contributed by atoms with van der Waals surface area (Å²) in [5, 5.41) is 28.8. The number of esters is 1. The summed E-state index contributed by atoms with van der Waals surface area (Å²) in [6.07, 6.45) is -0.390. The van der Waals surface area contributed by atoms with Gasteiger partial charge >= 0.3 is 11.9 Å². The zero-order valence-corrected chi connectivity index (χ0v) is 12.2. The van der Waals surface area contributed by atoms with E-state index in [0.717, 1.165) is 6.42 Å². The van der Waals surface area contributed by atoms with Gasteiger partial charge in [0.25, 0.3) is 5.79 Å². The molecule has 124 valence electrons. The number of unbranched alkanes of at least 4 members (excludes halogenated alkanes) is 1. The monoisotopic (exact) mass is 316 g/mol. The quantitative estimate of drug-likeness (QED) is 0.343. The average molecular weight is 316 g/mol. The first-order chi connectivity index (χ1) is 10.4. The number of carbonyl (C=O) groups excluding carboxylic acids is 1. The zero-order valence-electron chi connectivity index (χ0n) is 12.2. The third kappa shape index (κ3) is 3.46. The fourth-order valence-corrected chi connectivity index (χ4v) is 2.50. The van der Waals surface area contributed by atoms with Crippen LogP contribution >= 0.6 is 0 Å². The maximum Gasteiger partial charge on any atom is 0.336 e. The van der Waals surface area contributed by atoms with Gasteiger partial charge in [-0.3, -0.25) is 4.79 Å². The Hall–Kier alpha value is -1.48. The molecule has 3 N–H and O–H groups in total. The van der Waals surface area contributed by atoms with Gasteiger partial charge in [-0.15, -0.1) is 0 Å². The van der Waals surface area contributed by atoms with Crippen LogP contribution in [0.4, 0.5) is 0 Å². The van der Waals surface area contributed by atoms with E-state index in [1.807, 2.05) is 6.92 Å². The minimum Gasteiger partial charge on any atom is -0.481 e. The molecule has 0 aromatic rings. The maximum atomic E-state index is 12.1. The largest absolute Gasteiger partial charge is 0.481 e. The fraction of sp³-hybridized carbons (Fsp3) is 0.714. The number of rotatable bonds is 6. The van der Waals surface area contributed by atoms with E-state index in [2.05, 4.69) is 0 Å². The van der Waals surface area contributed by atoms with Gasteiger partial charge in [-0.05, 0) is 6.42 Å². The predicted molar refractivity (Wildman–Crippen MR) is 71.8 cm³/mol. The SMILES string of the molecule is CCCC=C(CC(=O)O)C(=O)O[C@@]1(O)CO[C@@H]2[C@H](O)CO[C@@H]21. The first kappa shape index (κ1) is 16.9. The molecule has 2 aliphatic heterocycles. The van der Waals surface area contributed by atoms with E-state index in [1.165, 1.54) is 6.08 Å². The summed E-state index contributed by atoms with van der Waals surface area (Å²) >= 11 is 0. The summed E-state index contributed by atoms with van der Waals surface area (Å²) in [5.74, 6) is -4.12. The normalized spacial score (nSPS) is 34.5. The molecule has 8 heteroatoms. The standard InChI is InChI=1S/C14H20O8/c1-2-3-4-8(5-10(16)17)13(18)22-14(19)7-21-11-9(15)6-20-12(11)14/h4,9,11-12,15,19H,2-3,5-7H2,1H3,(H,16,17)/t9-,11-,12+,14+/m1/s1.